The van der Waals surface area contributed by atoms with Gasteiger partial charge in [-0.1, -0.05) is 17.7 Å². The maximum Gasteiger partial charge on any atom is 0.335 e. The number of nitrogens with one attached hydrogen (secondary N) is 1. The summed E-state index contributed by atoms with van der Waals surface area (Å²) >= 11 is 1.42. The van der Waals surface area contributed by atoms with E-state index in [-0.39, 0.29) is 34.4 Å². The van der Waals surface area contributed by atoms with Gasteiger partial charge in [0.1, 0.15) is 0 Å². The van der Waals surface area contributed by atoms with Gasteiger partial charge >= 0.3 is 5.97 Å². The Morgan fingerprint density at radius 1 is 1.12 bits per heavy atom. The molecule has 0 heterocycles. The number of rotatable bonds is 7. The zero-order chi connectivity index (χ0) is 19.3. The van der Waals surface area contributed by atoms with Crippen LogP contribution in [-0.4, -0.2) is 37.0 Å². The van der Waals surface area contributed by atoms with Crippen LogP contribution < -0.4 is 14.8 Å². The Morgan fingerprint density at radius 3 is 2.42 bits per heavy atom. The highest BCUT2D eigenvalue weighted by molar-refractivity contribution is 8.00. The Kier molecular flexibility index (Phi) is 6.52. The number of hydrogen-bond donors (Lipinski definition) is 2. The predicted molar refractivity (Wildman–Crippen MR) is 102 cm³/mol. The van der Waals surface area contributed by atoms with Crippen molar-refractivity contribution in [3.8, 4) is 11.5 Å². The second kappa shape index (κ2) is 8.62. The van der Waals surface area contributed by atoms with E-state index in [9.17, 15) is 14.7 Å². The maximum absolute atomic E-state index is 12.3. The highest BCUT2D eigenvalue weighted by Crippen LogP contribution is 2.37. The smallest absolute Gasteiger partial charge is 0.335 e. The van der Waals surface area contributed by atoms with E-state index in [1.165, 1.54) is 43.7 Å². The lowest BCUT2D eigenvalue weighted by atomic mass is 10.1. The Morgan fingerprint density at radius 2 is 1.85 bits per heavy atom. The fourth-order valence-electron chi connectivity index (χ4n) is 2.47. The zero-order valence-electron chi connectivity index (χ0n) is 15.1. The largest absolute Gasteiger partial charge is 0.493 e. The molecule has 0 fully saturated rings. The van der Waals surface area contributed by atoms with Crippen molar-refractivity contribution in [1.82, 2.24) is 0 Å². The van der Waals surface area contributed by atoms with E-state index in [1.54, 1.807) is 0 Å². The molecule has 2 aromatic rings. The van der Waals surface area contributed by atoms with Crippen LogP contribution in [-0.2, 0) is 4.79 Å². The van der Waals surface area contributed by atoms with Crippen LogP contribution in [0.3, 0.4) is 0 Å². The summed E-state index contributed by atoms with van der Waals surface area (Å²) in [5.41, 5.74) is 2.53. The summed E-state index contributed by atoms with van der Waals surface area (Å²) in [5.74, 6) is -0.678. The van der Waals surface area contributed by atoms with Crippen molar-refractivity contribution in [2.24, 2.45) is 0 Å². The van der Waals surface area contributed by atoms with Gasteiger partial charge in [0.2, 0.25) is 5.91 Å². The quantitative estimate of drug-likeness (QED) is 0.717. The van der Waals surface area contributed by atoms with E-state index < -0.39 is 5.97 Å². The van der Waals surface area contributed by atoms with Gasteiger partial charge in [0, 0.05) is 4.90 Å². The molecule has 0 atom stereocenters. The zero-order valence-corrected chi connectivity index (χ0v) is 15.9. The average molecular weight is 375 g/mol. The first kappa shape index (κ1) is 19.7. The number of thioether (sulfide) groups is 1. The Balaban J connectivity index is 2.17. The van der Waals surface area contributed by atoms with Gasteiger partial charge in [0.15, 0.2) is 11.5 Å². The molecule has 7 heteroatoms. The molecule has 0 radical (unpaired) electrons. The highest BCUT2D eigenvalue weighted by Gasteiger charge is 2.17. The van der Waals surface area contributed by atoms with Gasteiger partial charge in [-0.2, -0.15) is 0 Å². The van der Waals surface area contributed by atoms with Crippen molar-refractivity contribution in [3.63, 3.8) is 0 Å². The topological polar surface area (TPSA) is 84.9 Å². The second-order valence-electron chi connectivity index (χ2n) is 5.67. The number of ether oxygens (including phenoxy) is 2. The van der Waals surface area contributed by atoms with E-state index in [4.69, 9.17) is 9.47 Å². The molecule has 26 heavy (non-hydrogen) atoms. The number of aryl methyl sites for hydroxylation is 2. The standard InChI is InChI=1S/C19H21NO5S/c1-11-5-6-16(12(2)7-11)26-10-17(21)20-14-8-13(19(22)23)9-15(24-3)18(14)25-4/h5-9H,10H2,1-4H3,(H,20,21)(H,22,23). The number of methoxy groups -OCH3 is 2. The first-order valence-corrected chi connectivity index (χ1v) is 8.83. The van der Waals surface area contributed by atoms with Gasteiger partial charge in [0.25, 0.3) is 0 Å². The molecule has 0 saturated carbocycles. The number of carbonyl (C=O) groups excluding carboxylic acids is 1. The number of carboxylic acid groups (broad SMARTS) is 1. The third kappa shape index (κ3) is 4.70. The number of carbonyl (C=O) groups is 2. The molecule has 2 aromatic carbocycles. The number of aromatic carboxylic acids is 1. The minimum Gasteiger partial charge on any atom is -0.493 e. The molecule has 1 amide bonds. The SMILES string of the molecule is COc1cc(C(=O)O)cc(NC(=O)CSc2ccc(C)cc2C)c1OC. The van der Waals surface area contributed by atoms with Crippen molar-refractivity contribution in [3.05, 3.63) is 47.0 Å². The van der Waals surface area contributed by atoms with Crippen LogP contribution in [0.25, 0.3) is 0 Å². The minimum absolute atomic E-state index is 0.0000166. The molecule has 138 valence electrons. The van der Waals surface area contributed by atoms with E-state index >= 15 is 0 Å². The highest BCUT2D eigenvalue weighted by atomic mass is 32.2. The number of carboxylic acids is 1. The summed E-state index contributed by atoms with van der Waals surface area (Å²) in [6, 6.07) is 8.74. The van der Waals surface area contributed by atoms with Gasteiger partial charge in [-0.3, -0.25) is 4.79 Å². The van der Waals surface area contributed by atoms with Gasteiger partial charge in [-0.25, -0.2) is 4.79 Å². The van der Waals surface area contributed by atoms with E-state index in [0.29, 0.717) is 0 Å². The van der Waals surface area contributed by atoms with Crippen molar-refractivity contribution < 1.29 is 24.2 Å². The van der Waals surface area contributed by atoms with Crippen LogP contribution in [0.5, 0.6) is 11.5 Å². The van der Waals surface area contributed by atoms with Crippen molar-refractivity contribution >= 4 is 29.3 Å². The monoisotopic (exact) mass is 375 g/mol. The Bertz CT molecular complexity index is 835. The Hall–Kier alpha value is -2.67. The van der Waals surface area contributed by atoms with Crippen molar-refractivity contribution in [1.29, 1.82) is 0 Å². The lowest BCUT2D eigenvalue weighted by Crippen LogP contribution is -2.15. The van der Waals surface area contributed by atoms with Crippen molar-refractivity contribution in [2.75, 3.05) is 25.3 Å². The number of hydrogen-bond acceptors (Lipinski definition) is 5. The molecule has 0 aliphatic carbocycles. The summed E-state index contributed by atoms with van der Waals surface area (Å²) in [6.07, 6.45) is 0. The molecular weight excluding hydrogens is 354 g/mol. The van der Waals surface area contributed by atoms with Crippen LogP contribution in [0.2, 0.25) is 0 Å². The molecule has 0 spiro atoms. The predicted octanol–water partition coefficient (Wildman–Crippen LogP) is 3.75. The van der Waals surface area contributed by atoms with Crippen LogP contribution in [0.1, 0.15) is 21.5 Å². The van der Waals surface area contributed by atoms with Crippen LogP contribution >= 0.6 is 11.8 Å². The lowest BCUT2D eigenvalue weighted by Gasteiger charge is -2.15. The molecular formula is C19H21NO5S. The molecule has 2 N–H and O–H groups in total. The molecule has 2 rings (SSSR count). The average Bonchev–Trinajstić information content (AvgIpc) is 2.60. The minimum atomic E-state index is -1.12. The van der Waals surface area contributed by atoms with Crippen molar-refractivity contribution in [2.45, 2.75) is 18.7 Å². The molecule has 0 saturated heterocycles. The van der Waals surface area contributed by atoms with Crippen LogP contribution in [0, 0.1) is 13.8 Å². The summed E-state index contributed by atoms with van der Waals surface area (Å²) in [7, 11) is 2.84. The van der Waals surface area contributed by atoms with Gasteiger partial charge in [-0.15, -0.1) is 11.8 Å². The van der Waals surface area contributed by atoms with Crippen LogP contribution in [0.4, 0.5) is 5.69 Å². The van der Waals surface area contributed by atoms with E-state index in [2.05, 4.69) is 11.4 Å². The van der Waals surface area contributed by atoms with E-state index in [1.807, 2.05) is 26.0 Å². The third-order valence-electron chi connectivity index (χ3n) is 3.69. The normalized spacial score (nSPS) is 10.3. The van der Waals surface area contributed by atoms with E-state index in [0.717, 1.165) is 10.5 Å². The molecule has 0 unspecified atom stereocenters. The van der Waals surface area contributed by atoms with Gasteiger partial charge in [0.05, 0.1) is 31.2 Å². The molecule has 0 aliphatic rings. The number of benzene rings is 2. The molecule has 0 bridgehead atoms. The van der Waals surface area contributed by atoms with Gasteiger partial charge in [-0.05, 0) is 37.6 Å². The summed E-state index contributed by atoms with van der Waals surface area (Å²) in [5, 5.41) is 11.9. The first-order chi connectivity index (χ1) is 12.3. The first-order valence-electron chi connectivity index (χ1n) is 7.85. The molecule has 0 aromatic heterocycles. The Labute approximate surface area is 156 Å². The van der Waals surface area contributed by atoms with Crippen LogP contribution in [0.15, 0.2) is 35.2 Å². The summed E-state index contributed by atoms with van der Waals surface area (Å²) in [4.78, 5) is 24.6. The second-order valence-corrected chi connectivity index (χ2v) is 6.69. The summed E-state index contributed by atoms with van der Waals surface area (Å²) < 4.78 is 10.4. The fraction of sp³-hybridized carbons (Fsp3) is 0.263. The fourth-order valence-corrected chi connectivity index (χ4v) is 3.28. The molecule has 0 aliphatic heterocycles. The summed E-state index contributed by atoms with van der Waals surface area (Å²) in [6.45, 7) is 4.01. The van der Waals surface area contributed by atoms with Gasteiger partial charge < -0.3 is 19.9 Å². The maximum atomic E-state index is 12.3. The molecule has 6 nitrogen and oxygen atoms in total. The third-order valence-corrected chi connectivity index (χ3v) is 4.86. The lowest BCUT2D eigenvalue weighted by molar-refractivity contribution is -0.113. The number of amides is 1. The number of anilines is 1.